The summed E-state index contributed by atoms with van der Waals surface area (Å²) in [5.74, 6) is 0.478. The van der Waals surface area contributed by atoms with Crippen LogP contribution in [0.5, 0.6) is 0 Å². The summed E-state index contributed by atoms with van der Waals surface area (Å²) < 4.78 is 2.16. The molecule has 0 saturated carbocycles. The van der Waals surface area contributed by atoms with Crippen LogP contribution in [0.15, 0.2) is 48.5 Å². The lowest BCUT2D eigenvalue weighted by Gasteiger charge is -2.32. The van der Waals surface area contributed by atoms with Gasteiger partial charge in [0.1, 0.15) is 6.04 Å². The van der Waals surface area contributed by atoms with Gasteiger partial charge < -0.3 is 9.47 Å². The number of aryl methyl sites for hydroxylation is 2. The predicted molar refractivity (Wildman–Crippen MR) is 104 cm³/mol. The molecule has 5 rings (SSSR count). The average molecular weight is 360 g/mol. The van der Waals surface area contributed by atoms with Crippen molar-refractivity contribution in [1.29, 1.82) is 0 Å². The first-order valence-corrected chi connectivity index (χ1v) is 9.29. The van der Waals surface area contributed by atoms with Crippen LogP contribution in [-0.4, -0.2) is 34.0 Å². The van der Waals surface area contributed by atoms with Gasteiger partial charge in [-0.3, -0.25) is 9.59 Å². The van der Waals surface area contributed by atoms with Crippen LogP contribution < -0.4 is 9.80 Å². The molecule has 2 amide bonds. The molecule has 3 aromatic rings. The molecule has 1 aromatic heterocycles. The molecule has 0 aliphatic carbocycles. The van der Waals surface area contributed by atoms with E-state index in [1.54, 1.807) is 0 Å². The Kier molecular flexibility index (Phi) is 3.53. The lowest BCUT2D eigenvalue weighted by Crippen LogP contribution is -2.46. The molecule has 0 bridgehead atoms. The maximum absolute atomic E-state index is 13.2. The highest BCUT2D eigenvalue weighted by Crippen LogP contribution is 2.33. The van der Waals surface area contributed by atoms with Crippen LogP contribution in [0.2, 0.25) is 0 Å². The number of hydrogen-bond acceptors (Lipinski definition) is 4. The van der Waals surface area contributed by atoms with Gasteiger partial charge in [-0.25, -0.2) is 9.88 Å². The highest BCUT2D eigenvalue weighted by molar-refractivity contribution is 6.23. The molecule has 0 spiro atoms. The van der Waals surface area contributed by atoms with E-state index in [1.165, 1.54) is 4.90 Å². The maximum Gasteiger partial charge on any atom is 0.257 e. The van der Waals surface area contributed by atoms with Gasteiger partial charge in [0.2, 0.25) is 11.9 Å². The fourth-order valence-corrected chi connectivity index (χ4v) is 4.12. The van der Waals surface area contributed by atoms with Crippen LogP contribution >= 0.6 is 0 Å². The van der Waals surface area contributed by atoms with Gasteiger partial charge >= 0.3 is 0 Å². The van der Waals surface area contributed by atoms with E-state index in [-0.39, 0.29) is 18.2 Å². The molecule has 2 aliphatic rings. The number of amides is 2. The van der Waals surface area contributed by atoms with E-state index in [0.717, 1.165) is 42.1 Å². The summed E-state index contributed by atoms with van der Waals surface area (Å²) in [6, 6.07) is 15.0. The second-order valence-electron chi connectivity index (χ2n) is 7.22. The zero-order valence-electron chi connectivity index (χ0n) is 15.1. The van der Waals surface area contributed by atoms with Crippen molar-refractivity contribution in [2.75, 3.05) is 16.3 Å². The summed E-state index contributed by atoms with van der Waals surface area (Å²) in [5.41, 5.74) is 3.73. The largest absolute Gasteiger partial charge is 0.330 e. The van der Waals surface area contributed by atoms with Crippen molar-refractivity contribution < 1.29 is 9.59 Å². The highest BCUT2D eigenvalue weighted by Gasteiger charge is 2.44. The number of carbonyl (C=O) groups excluding carboxylic acids is 2. The van der Waals surface area contributed by atoms with Crippen LogP contribution in [0.1, 0.15) is 18.4 Å². The van der Waals surface area contributed by atoms with Crippen LogP contribution in [0.4, 0.5) is 11.6 Å². The van der Waals surface area contributed by atoms with Gasteiger partial charge in [0.05, 0.1) is 23.1 Å². The van der Waals surface area contributed by atoms with E-state index in [2.05, 4.69) is 10.6 Å². The molecule has 136 valence electrons. The Morgan fingerprint density at radius 1 is 1.00 bits per heavy atom. The fraction of sp³-hybridized carbons (Fsp3) is 0.286. The van der Waals surface area contributed by atoms with Crippen molar-refractivity contribution in [2.24, 2.45) is 0 Å². The topological polar surface area (TPSA) is 58.4 Å². The number of imidazole rings is 1. The zero-order chi connectivity index (χ0) is 18.5. The molecule has 3 heterocycles. The summed E-state index contributed by atoms with van der Waals surface area (Å²) in [5, 5.41) is 0. The molecule has 2 aromatic carbocycles. The minimum atomic E-state index is -0.491. The first-order valence-electron chi connectivity index (χ1n) is 9.29. The molecule has 0 radical (unpaired) electrons. The van der Waals surface area contributed by atoms with E-state index in [9.17, 15) is 9.59 Å². The molecule has 1 atom stereocenters. The third kappa shape index (κ3) is 2.44. The van der Waals surface area contributed by atoms with Crippen LogP contribution in [0.3, 0.4) is 0 Å². The molecular formula is C21H20N4O2. The number of fused-ring (bicyclic) bond motifs is 3. The lowest BCUT2D eigenvalue weighted by molar-refractivity contribution is -0.121. The summed E-state index contributed by atoms with van der Waals surface area (Å²) in [7, 11) is 0. The van der Waals surface area contributed by atoms with Gasteiger partial charge in [-0.15, -0.1) is 0 Å². The molecule has 1 fully saturated rings. The molecule has 0 N–H and O–H groups in total. The Morgan fingerprint density at radius 2 is 1.78 bits per heavy atom. The van der Waals surface area contributed by atoms with Crippen molar-refractivity contribution in [1.82, 2.24) is 9.55 Å². The average Bonchev–Trinajstić information content (AvgIpc) is 3.20. The van der Waals surface area contributed by atoms with Gasteiger partial charge in [0.15, 0.2) is 0 Å². The van der Waals surface area contributed by atoms with E-state index in [4.69, 9.17) is 4.98 Å². The Bertz CT molecular complexity index is 1050. The number of rotatable bonds is 2. The molecule has 6 heteroatoms. The first kappa shape index (κ1) is 16.1. The molecule has 6 nitrogen and oxygen atoms in total. The van der Waals surface area contributed by atoms with Crippen molar-refractivity contribution in [3.05, 3.63) is 54.1 Å². The number of para-hydroxylation sites is 2. The van der Waals surface area contributed by atoms with Gasteiger partial charge in [-0.2, -0.15) is 0 Å². The van der Waals surface area contributed by atoms with Crippen LogP contribution in [0.25, 0.3) is 11.0 Å². The van der Waals surface area contributed by atoms with Crippen LogP contribution in [0, 0.1) is 6.92 Å². The molecular weight excluding hydrogens is 340 g/mol. The number of anilines is 2. The second kappa shape index (κ2) is 5.94. The van der Waals surface area contributed by atoms with Gasteiger partial charge in [0, 0.05) is 13.1 Å². The molecule has 1 unspecified atom stereocenters. The van der Waals surface area contributed by atoms with E-state index in [0.29, 0.717) is 5.69 Å². The Balaban J connectivity index is 1.52. The highest BCUT2D eigenvalue weighted by atomic mass is 16.2. The summed E-state index contributed by atoms with van der Waals surface area (Å²) in [4.78, 5) is 33.9. The fourth-order valence-electron chi connectivity index (χ4n) is 4.12. The van der Waals surface area contributed by atoms with Gasteiger partial charge in [0.25, 0.3) is 5.91 Å². The third-order valence-corrected chi connectivity index (χ3v) is 5.46. The standard InChI is InChI=1S/C21H20N4O2/c1-14-7-9-15(10-8-14)25-19(26)13-18(20(25)27)24-12-4-11-23-17-6-3-2-5-16(17)22-21(23)24/h2-3,5-10,18H,4,11-13H2,1H3. The molecule has 1 saturated heterocycles. The monoisotopic (exact) mass is 360 g/mol. The third-order valence-electron chi connectivity index (χ3n) is 5.46. The SMILES string of the molecule is Cc1ccc(N2C(=O)CC(N3CCCn4c3nc3ccccc34)C2=O)cc1. The number of imide groups is 1. The Labute approximate surface area is 157 Å². The van der Waals surface area contributed by atoms with E-state index in [1.807, 2.05) is 54.3 Å². The van der Waals surface area contributed by atoms with Crippen molar-refractivity contribution in [3.8, 4) is 0 Å². The maximum atomic E-state index is 13.2. The minimum Gasteiger partial charge on any atom is -0.330 e. The lowest BCUT2D eigenvalue weighted by atomic mass is 10.2. The van der Waals surface area contributed by atoms with E-state index >= 15 is 0 Å². The summed E-state index contributed by atoms with van der Waals surface area (Å²) in [6.45, 7) is 3.59. The quantitative estimate of drug-likeness (QED) is 0.660. The van der Waals surface area contributed by atoms with Crippen LogP contribution in [-0.2, 0) is 16.1 Å². The number of benzene rings is 2. The minimum absolute atomic E-state index is 0.151. The normalized spacial score (nSPS) is 19.8. The number of nitrogens with zero attached hydrogens (tertiary/aromatic N) is 4. The Morgan fingerprint density at radius 3 is 2.59 bits per heavy atom. The summed E-state index contributed by atoms with van der Waals surface area (Å²) >= 11 is 0. The number of hydrogen-bond donors (Lipinski definition) is 0. The smallest absolute Gasteiger partial charge is 0.257 e. The van der Waals surface area contributed by atoms with Crippen molar-refractivity contribution in [2.45, 2.75) is 32.4 Å². The zero-order valence-corrected chi connectivity index (χ0v) is 15.1. The predicted octanol–water partition coefficient (Wildman–Crippen LogP) is 2.89. The van der Waals surface area contributed by atoms with Crippen molar-refractivity contribution in [3.63, 3.8) is 0 Å². The second-order valence-corrected chi connectivity index (χ2v) is 7.22. The van der Waals surface area contributed by atoms with Gasteiger partial charge in [-0.1, -0.05) is 29.8 Å². The summed E-state index contributed by atoms with van der Waals surface area (Å²) in [6.07, 6.45) is 1.12. The Hall–Kier alpha value is -3.15. The van der Waals surface area contributed by atoms with Crippen molar-refractivity contribution >= 4 is 34.5 Å². The molecule has 2 aliphatic heterocycles. The number of carbonyl (C=O) groups is 2. The first-order chi connectivity index (χ1) is 13.1. The van der Waals surface area contributed by atoms with Gasteiger partial charge in [-0.05, 0) is 37.6 Å². The van der Waals surface area contributed by atoms with E-state index < -0.39 is 6.04 Å². The number of aromatic nitrogens is 2. The molecule has 27 heavy (non-hydrogen) atoms.